The number of carbonyl (C=O) groups excluding carboxylic acids is 1. The highest BCUT2D eigenvalue weighted by Gasteiger charge is 2.37. The van der Waals surface area contributed by atoms with Crippen LogP contribution >= 0.6 is 0 Å². The van der Waals surface area contributed by atoms with E-state index in [-0.39, 0.29) is 12.1 Å². The largest absolute Gasteiger partial charge is 0.378 e. The fraction of sp³-hybridized carbons (Fsp3) is 0.944. The number of hydrogen-bond donors (Lipinski definition) is 1. The molecule has 2 aliphatic heterocycles. The number of amides is 2. The van der Waals surface area contributed by atoms with Gasteiger partial charge in [-0.25, -0.2) is 4.79 Å². The van der Waals surface area contributed by atoms with Gasteiger partial charge in [-0.1, -0.05) is 13.8 Å². The standard InChI is InChI=1S/C18H35N3O2/c1-5-23-17(14(2)3)8-10-19-18(22)21-11-6-7-15-13-20(4)12-9-16(15)21/h14-17H,5-13H2,1-4H3,(H,19,22)/t15-,16-,17-/m1/s1. The average molecular weight is 325 g/mol. The van der Waals surface area contributed by atoms with Gasteiger partial charge in [-0.3, -0.25) is 0 Å². The van der Waals surface area contributed by atoms with Crippen LogP contribution in [0.1, 0.15) is 46.5 Å². The van der Waals surface area contributed by atoms with Crippen molar-refractivity contribution in [1.29, 1.82) is 0 Å². The minimum absolute atomic E-state index is 0.128. The van der Waals surface area contributed by atoms with Crippen LogP contribution in [0.25, 0.3) is 0 Å². The van der Waals surface area contributed by atoms with Gasteiger partial charge >= 0.3 is 6.03 Å². The van der Waals surface area contributed by atoms with E-state index in [1.165, 1.54) is 6.42 Å². The van der Waals surface area contributed by atoms with Crippen molar-refractivity contribution in [1.82, 2.24) is 15.1 Å². The Labute approximate surface area is 141 Å². The van der Waals surface area contributed by atoms with Crippen LogP contribution < -0.4 is 5.32 Å². The summed E-state index contributed by atoms with van der Waals surface area (Å²) in [6.45, 7) is 11.0. The molecule has 5 nitrogen and oxygen atoms in total. The van der Waals surface area contributed by atoms with Crippen LogP contribution in [0, 0.1) is 11.8 Å². The van der Waals surface area contributed by atoms with E-state index >= 15 is 0 Å². The van der Waals surface area contributed by atoms with Gasteiger partial charge in [0.2, 0.25) is 0 Å². The van der Waals surface area contributed by atoms with E-state index in [1.54, 1.807) is 0 Å². The molecule has 2 saturated heterocycles. The van der Waals surface area contributed by atoms with Crippen LogP contribution in [0.4, 0.5) is 4.79 Å². The first-order valence-electron chi connectivity index (χ1n) is 9.37. The fourth-order valence-electron chi connectivity index (χ4n) is 4.08. The van der Waals surface area contributed by atoms with Gasteiger partial charge in [-0.2, -0.15) is 0 Å². The molecule has 2 amide bonds. The molecule has 3 atom stereocenters. The minimum atomic E-state index is 0.128. The normalized spacial score (nSPS) is 26.9. The first-order chi connectivity index (χ1) is 11.0. The predicted molar refractivity (Wildman–Crippen MR) is 93.6 cm³/mol. The zero-order valence-corrected chi connectivity index (χ0v) is 15.4. The topological polar surface area (TPSA) is 44.8 Å². The molecule has 0 bridgehead atoms. The predicted octanol–water partition coefficient (Wildman–Crippen LogP) is 2.56. The number of ether oxygens (including phenoxy) is 1. The maximum Gasteiger partial charge on any atom is 0.317 e. The molecule has 1 N–H and O–H groups in total. The summed E-state index contributed by atoms with van der Waals surface area (Å²) in [6, 6.07) is 0.566. The molecule has 5 heteroatoms. The summed E-state index contributed by atoms with van der Waals surface area (Å²) in [5.74, 6) is 1.14. The molecule has 0 saturated carbocycles. The van der Waals surface area contributed by atoms with Crippen molar-refractivity contribution in [3.8, 4) is 0 Å². The molecule has 2 fully saturated rings. The quantitative estimate of drug-likeness (QED) is 0.816. The zero-order chi connectivity index (χ0) is 16.8. The first kappa shape index (κ1) is 18.5. The molecule has 2 heterocycles. The van der Waals surface area contributed by atoms with E-state index in [4.69, 9.17) is 4.74 Å². The molecule has 0 aliphatic carbocycles. The molecule has 2 aliphatic rings. The van der Waals surface area contributed by atoms with Crippen LogP contribution in [-0.2, 0) is 4.74 Å². The van der Waals surface area contributed by atoms with Crippen LogP contribution in [0.2, 0.25) is 0 Å². The van der Waals surface area contributed by atoms with E-state index in [2.05, 4.69) is 36.0 Å². The Balaban J connectivity index is 1.80. The molecule has 0 aromatic heterocycles. The Morgan fingerprint density at radius 2 is 2.09 bits per heavy atom. The van der Waals surface area contributed by atoms with Gasteiger partial charge in [0.15, 0.2) is 0 Å². The molecule has 2 rings (SSSR count). The van der Waals surface area contributed by atoms with Crippen molar-refractivity contribution in [2.45, 2.75) is 58.6 Å². The van der Waals surface area contributed by atoms with Crippen molar-refractivity contribution in [3.05, 3.63) is 0 Å². The number of urea groups is 1. The van der Waals surface area contributed by atoms with E-state index in [0.717, 1.165) is 45.5 Å². The maximum atomic E-state index is 12.6. The van der Waals surface area contributed by atoms with Crippen LogP contribution in [0.15, 0.2) is 0 Å². The molecule has 0 aromatic carbocycles. The highest BCUT2D eigenvalue weighted by molar-refractivity contribution is 5.74. The number of hydrogen-bond acceptors (Lipinski definition) is 3. The number of nitrogens with zero attached hydrogens (tertiary/aromatic N) is 2. The molecular weight excluding hydrogens is 290 g/mol. The third-order valence-corrected chi connectivity index (χ3v) is 5.36. The summed E-state index contributed by atoms with van der Waals surface area (Å²) in [5, 5.41) is 3.13. The summed E-state index contributed by atoms with van der Waals surface area (Å²) >= 11 is 0. The molecule has 0 radical (unpaired) electrons. The Hall–Kier alpha value is -0.810. The van der Waals surface area contributed by atoms with Gasteiger partial charge in [0.25, 0.3) is 0 Å². The second kappa shape index (κ2) is 8.88. The van der Waals surface area contributed by atoms with Crippen molar-refractivity contribution in [3.63, 3.8) is 0 Å². The maximum absolute atomic E-state index is 12.6. The summed E-state index contributed by atoms with van der Waals surface area (Å²) in [7, 11) is 2.19. The van der Waals surface area contributed by atoms with Crippen molar-refractivity contribution >= 4 is 6.03 Å². The Morgan fingerprint density at radius 1 is 1.30 bits per heavy atom. The minimum Gasteiger partial charge on any atom is -0.378 e. The molecule has 23 heavy (non-hydrogen) atoms. The van der Waals surface area contributed by atoms with Gasteiger partial charge in [-0.15, -0.1) is 0 Å². The monoisotopic (exact) mass is 325 g/mol. The number of nitrogens with one attached hydrogen (secondary N) is 1. The fourth-order valence-corrected chi connectivity index (χ4v) is 4.08. The molecule has 0 unspecified atom stereocenters. The Kier molecular flexibility index (Phi) is 7.15. The lowest BCUT2D eigenvalue weighted by molar-refractivity contribution is 0.0242. The van der Waals surface area contributed by atoms with E-state index in [9.17, 15) is 4.79 Å². The third-order valence-electron chi connectivity index (χ3n) is 5.36. The summed E-state index contributed by atoms with van der Waals surface area (Å²) < 4.78 is 5.76. The first-order valence-corrected chi connectivity index (χ1v) is 9.37. The number of rotatable bonds is 6. The second-order valence-electron chi connectivity index (χ2n) is 7.47. The van der Waals surface area contributed by atoms with Crippen LogP contribution in [-0.4, -0.2) is 67.8 Å². The van der Waals surface area contributed by atoms with Gasteiger partial charge in [-0.05, 0) is 58.0 Å². The number of piperidine rings is 2. The highest BCUT2D eigenvalue weighted by Crippen LogP contribution is 2.30. The van der Waals surface area contributed by atoms with Crippen LogP contribution in [0.3, 0.4) is 0 Å². The lowest BCUT2D eigenvalue weighted by atomic mass is 9.84. The van der Waals surface area contributed by atoms with Crippen molar-refractivity contribution < 1.29 is 9.53 Å². The van der Waals surface area contributed by atoms with Crippen molar-refractivity contribution in [2.24, 2.45) is 11.8 Å². The number of fused-ring (bicyclic) bond motifs is 1. The number of carbonyl (C=O) groups is 1. The number of likely N-dealkylation sites (tertiary alicyclic amines) is 2. The van der Waals surface area contributed by atoms with E-state index in [0.29, 0.717) is 24.4 Å². The molecular formula is C18H35N3O2. The van der Waals surface area contributed by atoms with Crippen molar-refractivity contribution in [2.75, 3.05) is 39.8 Å². The molecule has 0 aromatic rings. The van der Waals surface area contributed by atoms with Crippen LogP contribution in [0.5, 0.6) is 0 Å². The second-order valence-corrected chi connectivity index (χ2v) is 7.47. The lowest BCUT2D eigenvalue weighted by Crippen LogP contribution is -2.57. The highest BCUT2D eigenvalue weighted by atomic mass is 16.5. The van der Waals surface area contributed by atoms with E-state index < -0.39 is 0 Å². The zero-order valence-electron chi connectivity index (χ0n) is 15.4. The van der Waals surface area contributed by atoms with Gasteiger partial charge in [0.1, 0.15) is 0 Å². The smallest absolute Gasteiger partial charge is 0.317 e. The third kappa shape index (κ3) is 5.08. The average Bonchev–Trinajstić information content (AvgIpc) is 2.52. The van der Waals surface area contributed by atoms with Gasteiger partial charge in [0.05, 0.1) is 6.10 Å². The Bertz CT molecular complexity index is 375. The molecule has 134 valence electrons. The summed E-state index contributed by atoms with van der Waals surface area (Å²) in [4.78, 5) is 17.1. The molecule has 0 spiro atoms. The summed E-state index contributed by atoms with van der Waals surface area (Å²) in [5.41, 5.74) is 0. The van der Waals surface area contributed by atoms with E-state index in [1.807, 2.05) is 6.92 Å². The lowest BCUT2D eigenvalue weighted by Gasteiger charge is -2.46. The van der Waals surface area contributed by atoms with Gasteiger partial charge < -0.3 is 19.9 Å². The Morgan fingerprint density at radius 3 is 2.78 bits per heavy atom. The summed E-state index contributed by atoms with van der Waals surface area (Å²) in [6.07, 6.45) is 4.64. The van der Waals surface area contributed by atoms with Gasteiger partial charge in [0, 0.05) is 32.3 Å². The SMILES string of the molecule is CCO[C@H](CCNC(=O)N1CCC[C@@H]2CN(C)CC[C@H]21)C(C)C.